The molecule has 154 valence electrons. The Labute approximate surface area is 193 Å². The van der Waals surface area contributed by atoms with Gasteiger partial charge in [-0.05, 0) is 43.5 Å². The molecule has 1 saturated heterocycles. The van der Waals surface area contributed by atoms with E-state index in [-0.39, 0.29) is 24.0 Å². The highest BCUT2D eigenvalue weighted by molar-refractivity contribution is 14.0. The Morgan fingerprint density at radius 2 is 2.07 bits per heavy atom. The van der Waals surface area contributed by atoms with Gasteiger partial charge in [-0.1, -0.05) is 29.8 Å². The average molecular weight is 535 g/mol. The van der Waals surface area contributed by atoms with Crippen molar-refractivity contribution in [2.45, 2.75) is 19.4 Å². The summed E-state index contributed by atoms with van der Waals surface area (Å²) in [6, 6.07) is 14.2. The van der Waals surface area contributed by atoms with Gasteiger partial charge >= 0.3 is 0 Å². The van der Waals surface area contributed by atoms with Crippen molar-refractivity contribution >= 4 is 58.6 Å². The molecule has 0 saturated carbocycles. The van der Waals surface area contributed by atoms with E-state index in [1.54, 1.807) is 6.07 Å². The topological polar surface area (TPSA) is 59.9 Å². The minimum absolute atomic E-state index is 0. The van der Waals surface area contributed by atoms with Crippen molar-refractivity contribution in [3.8, 4) is 0 Å². The highest BCUT2D eigenvalue weighted by atomic mass is 127. The van der Waals surface area contributed by atoms with Crippen molar-refractivity contribution in [3.63, 3.8) is 0 Å². The molecule has 2 aromatic rings. The number of aliphatic imine (C=N–C) groups is 1. The van der Waals surface area contributed by atoms with Crippen molar-refractivity contribution in [1.29, 1.82) is 0 Å². The summed E-state index contributed by atoms with van der Waals surface area (Å²) in [7, 11) is 0. The van der Waals surface area contributed by atoms with Crippen LogP contribution in [0.3, 0.4) is 0 Å². The van der Waals surface area contributed by atoms with E-state index in [2.05, 4.69) is 50.9 Å². The second-order valence-corrected chi connectivity index (χ2v) is 8.44. The van der Waals surface area contributed by atoms with Gasteiger partial charge in [-0.3, -0.25) is 4.99 Å². The third-order valence-electron chi connectivity index (χ3n) is 4.65. The van der Waals surface area contributed by atoms with Crippen LogP contribution in [0, 0.1) is 5.92 Å². The Hall–Kier alpha value is -1.03. The number of anilines is 1. The second kappa shape index (κ2) is 11.8. The van der Waals surface area contributed by atoms with E-state index in [0.29, 0.717) is 16.8 Å². The van der Waals surface area contributed by atoms with Crippen LogP contribution in [-0.4, -0.2) is 43.8 Å². The van der Waals surface area contributed by atoms with E-state index in [1.165, 1.54) is 17.0 Å². The maximum absolute atomic E-state index is 10.3. The zero-order valence-electron chi connectivity index (χ0n) is 16.0. The third-order valence-corrected chi connectivity index (χ3v) is 5.99. The molecule has 0 amide bonds. The van der Waals surface area contributed by atoms with Gasteiger partial charge in [0.2, 0.25) is 0 Å². The Morgan fingerprint density at radius 1 is 1.29 bits per heavy atom. The molecular formula is C20H28ClIN4OS. The molecule has 3 rings (SSSR count). The zero-order chi connectivity index (χ0) is 19.1. The average Bonchev–Trinajstić information content (AvgIpc) is 3.33. The molecular weight excluding hydrogens is 507 g/mol. The number of halogens is 2. The van der Waals surface area contributed by atoms with Crippen LogP contribution < -0.4 is 15.5 Å². The van der Waals surface area contributed by atoms with E-state index in [0.717, 1.165) is 43.4 Å². The summed E-state index contributed by atoms with van der Waals surface area (Å²) in [6.45, 7) is 6.14. The van der Waals surface area contributed by atoms with Gasteiger partial charge in [-0.25, -0.2) is 0 Å². The minimum Gasteiger partial charge on any atom is -0.386 e. The van der Waals surface area contributed by atoms with Gasteiger partial charge in [0.15, 0.2) is 5.96 Å². The Bertz CT molecular complexity index is 743. The van der Waals surface area contributed by atoms with Gasteiger partial charge in [0.05, 0.1) is 10.9 Å². The standard InChI is InChI=1S/C20H27ClN4OS.HI/c1-2-22-20(24-13-17(26)18-8-9-19(21)27-18)23-12-15-10-11-25(14-15)16-6-4-3-5-7-16;/h3-9,15,17,26H,2,10-14H2,1H3,(H2,22,23,24);1H. The highest BCUT2D eigenvalue weighted by Crippen LogP contribution is 2.27. The molecule has 0 spiro atoms. The fraction of sp³-hybridized carbons (Fsp3) is 0.450. The fourth-order valence-corrected chi connectivity index (χ4v) is 4.27. The van der Waals surface area contributed by atoms with E-state index in [9.17, 15) is 5.11 Å². The minimum atomic E-state index is -0.627. The lowest BCUT2D eigenvalue weighted by atomic mass is 10.1. The summed E-state index contributed by atoms with van der Waals surface area (Å²) in [5.74, 6) is 1.33. The number of hydrogen-bond acceptors (Lipinski definition) is 4. The quantitative estimate of drug-likeness (QED) is 0.284. The van der Waals surface area contributed by atoms with Crippen LogP contribution in [0.5, 0.6) is 0 Å². The molecule has 1 fully saturated rings. The van der Waals surface area contributed by atoms with Crippen LogP contribution in [0.15, 0.2) is 47.5 Å². The number of nitrogens with zero attached hydrogens (tertiary/aromatic N) is 2. The maximum atomic E-state index is 10.3. The summed E-state index contributed by atoms with van der Waals surface area (Å²) in [4.78, 5) is 7.80. The van der Waals surface area contributed by atoms with Crippen molar-refractivity contribution in [1.82, 2.24) is 10.6 Å². The van der Waals surface area contributed by atoms with Gasteiger partial charge in [-0.15, -0.1) is 35.3 Å². The Kier molecular flexibility index (Phi) is 9.84. The first kappa shape index (κ1) is 23.3. The number of rotatable bonds is 7. The molecule has 2 heterocycles. The number of para-hydroxylation sites is 1. The number of aliphatic hydroxyl groups is 1. The van der Waals surface area contributed by atoms with E-state index < -0.39 is 6.10 Å². The molecule has 28 heavy (non-hydrogen) atoms. The van der Waals surface area contributed by atoms with E-state index in [1.807, 2.05) is 13.0 Å². The molecule has 1 aromatic heterocycles. The molecule has 3 N–H and O–H groups in total. The Morgan fingerprint density at radius 3 is 2.75 bits per heavy atom. The molecule has 0 bridgehead atoms. The number of benzene rings is 1. The summed E-state index contributed by atoms with van der Waals surface area (Å²) in [5.41, 5.74) is 1.29. The van der Waals surface area contributed by atoms with Crippen LogP contribution in [0.2, 0.25) is 4.34 Å². The fourth-order valence-electron chi connectivity index (χ4n) is 3.23. The first-order valence-electron chi connectivity index (χ1n) is 9.41. The first-order valence-corrected chi connectivity index (χ1v) is 10.6. The maximum Gasteiger partial charge on any atom is 0.191 e. The lowest BCUT2D eigenvalue weighted by Crippen LogP contribution is -2.40. The molecule has 2 unspecified atom stereocenters. The molecule has 2 atom stereocenters. The molecule has 1 aliphatic heterocycles. The van der Waals surface area contributed by atoms with Crippen LogP contribution in [-0.2, 0) is 0 Å². The number of hydrogen-bond donors (Lipinski definition) is 3. The van der Waals surface area contributed by atoms with Gasteiger partial charge in [-0.2, -0.15) is 0 Å². The summed E-state index contributed by atoms with van der Waals surface area (Å²) in [5, 5.41) is 17.0. The lowest BCUT2D eigenvalue weighted by molar-refractivity contribution is 0.191. The smallest absolute Gasteiger partial charge is 0.191 e. The number of guanidine groups is 1. The predicted molar refractivity (Wildman–Crippen MR) is 130 cm³/mol. The Balaban J connectivity index is 0.00000280. The van der Waals surface area contributed by atoms with Crippen LogP contribution >= 0.6 is 46.9 Å². The van der Waals surface area contributed by atoms with Crippen molar-refractivity contribution < 1.29 is 5.11 Å². The molecule has 1 aromatic carbocycles. The third kappa shape index (κ3) is 6.79. The van der Waals surface area contributed by atoms with Crippen molar-refractivity contribution in [2.75, 3.05) is 37.6 Å². The predicted octanol–water partition coefficient (Wildman–Crippen LogP) is 4.13. The molecule has 8 heteroatoms. The molecule has 0 radical (unpaired) electrons. The van der Waals surface area contributed by atoms with E-state index in [4.69, 9.17) is 11.6 Å². The number of nitrogens with one attached hydrogen (secondary N) is 2. The summed E-state index contributed by atoms with van der Waals surface area (Å²) < 4.78 is 0.683. The summed E-state index contributed by atoms with van der Waals surface area (Å²) >= 11 is 7.33. The SMILES string of the molecule is CCNC(=NCC(O)c1ccc(Cl)s1)NCC1CCN(c2ccccc2)C1.I. The first-order chi connectivity index (χ1) is 13.2. The largest absolute Gasteiger partial charge is 0.386 e. The van der Waals surface area contributed by atoms with Crippen LogP contribution in [0.1, 0.15) is 24.3 Å². The lowest BCUT2D eigenvalue weighted by Gasteiger charge is -2.19. The van der Waals surface area contributed by atoms with Crippen molar-refractivity contribution in [2.24, 2.45) is 10.9 Å². The van der Waals surface area contributed by atoms with Gasteiger partial charge < -0.3 is 20.6 Å². The molecule has 1 aliphatic rings. The number of aliphatic hydroxyl groups excluding tert-OH is 1. The highest BCUT2D eigenvalue weighted by Gasteiger charge is 2.22. The van der Waals surface area contributed by atoms with Gasteiger partial charge in [0.25, 0.3) is 0 Å². The van der Waals surface area contributed by atoms with Crippen molar-refractivity contribution in [3.05, 3.63) is 51.7 Å². The zero-order valence-corrected chi connectivity index (χ0v) is 19.9. The van der Waals surface area contributed by atoms with Crippen LogP contribution in [0.25, 0.3) is 0 Å². The van der Waals surface area contributed by atoms with E-state index >= 15 is 0 Å². The van der Waals surface area contributed by atoms with Gasteiger partial charge in [0, 0.05) is 36.7 Å². The van der Waals surface area contributed by atoms with Gasteiger partial charge in [0.1, 0.15) is 6.10 Å². The normalized spacial score (nSPS) is 17.9. The molecule has 5 nitrogen and oxygen atoms in total. The molecule has 0 aliphatic carbocycles. The summed E-state index contributed by atoms with van der Waals surface area (Å²) in [6.07, 6.45) is 0.537. The second-order valence-electron chi connectivity index (χ2n) is 6.69. The number of thiophene rings is 1. The monoisotopic (exact) mass is 534 g/mol. The van der Waals surface area contributed by atoms with Crippen LogP contribution in [0.4, 0.5) is 5.69 Å².